The Kier molecular flexibility index (Phi) is 7.19. The molecule has 2 rings (SSSR count). The number of unbranched alkanes of at least 4 members (excludes halogenated alkanes) is 1. The molecule has 1 amide bonds. The first kappa shape index (κ1) is 20.7. The third-order valence-electron chi connectivity index (χ3n) is 4.20. The molecule has 0 saturated carbocycles. The minimum absolute atomic E-state index is 0.0481. The van der Waals surface area contributed by atoms with Crippen LogP contribution in [0.3, 0.4) is 0 Å². The quantitative estimate of drug-likeness (QED) is 0.638. The highest BCUT2D eigenvalue weighted by molar-refractivity contribution is 7.92. The third kappa shape index (κ3) is 5.69. The van der Waals surface area contributed by atoms with E-state index in [4.69, 9.17) is 0 Å². The van der Waals surface area contributed by atoms with Crippen molar-refractivity contribution in [2.24, 2.45) is 0 Å². The second-order valence-corrected chi connectivity index (χ2v) is 8.06. The molecule has 144 valence electrons. The van der Waals surface area contributed by atoms with Crippen LogP contribution in [0.1, 0.15) is 41.3 Å². The van der Waals surface area contributed by atoms with Gasteiger partial charge in [0, 0.05) is 17.8 Å². The summed E-state index contributed by atoms with van der Waals surface area (Å²) in [5.74, 6) is -0.329. The van der Waals surface area contributed by atoms with Crippen LogP contribution in [0.4, 0.5) is 5.69 Å². The summed E-state index contributed by atoms with van der Waals surface area (Å²) in [6.07, 6.45) is 4.76. The molecule has 0 radical (unpaired) electrons. The van der Waals surface area contributed by atoms with Crippen LogP contribution in [0.5, 0.6) is 0 Å². The molecular formula is C21H26N2O3S. The zero-order valence-corrected chi connectivity index (χ0v) is 16.6. The Labute approximate surface area is 161 Å². The van der Waals surface area contributed by atoms with E-state index in [1.165, 1.54) is 17.7 Å². The fraction of sp³-hybridized carbons (Fsp3) is 0.286. The largest absolute Gasteiger partial charge is 0.349 e. The normalized spacial score (nSPS) is 11.0. The molecule has 0 aliphatic carbocycles. The van der Waals surface area contributed by atoms with Crippen molar-refractivity contribution in [2.45, 2.75) is 38.0 Å². The number of carbonyl (C=O) groups excluding carboxylic acids is 1. The van der Waals surface area contributed by atoms with Crippen LogP contribution in [0.15, 0.2) is 60.0 Å². The average Bonchev–Trinajstić information content (AvgIpc) is 2.65. The maximum atomic E-state index is 12.7. The zero-order valence-electron chi connectivity index (χ0n) is 15.8. The molecule has 0 bridgehead atoms. The van der Waals surface area contributed by atoms with Crippen LogP contribution in [0, 0.1) is 6.92 Å². The minimum atomic E-state index is -3.79. The molecule has 0 saturated heterocycles. The van der Waals surface area contributed by atoms with E-state index in [1.807, 2.05) is 12.1 Å². The van der Waals surface area contributed by atoms with Gasteiger partial charge in [0.25, 0.3) is 15.9 Å². The fourth-order valence-corrected chi connectivity index (χ4v) is 3.69. The summed E-state index contributed by atoms with van der Waals surface area (Å²) in [5, 5.41) is 2.67. The van der Waals surface area contributed by atoms with Gasteiger partial charge in [-0.1, -0.05) is 37.6 Å². The van der Waals surface area contributed by atoms with Gasteiger partial charge in [0.2, 0.25) is 0 Å². The van der Waals surface area contributed by atoms with E-state index in [1.54, 1.807) is 31.2 Å². The van der Waals surface area contributed by atoms with Gasteiger partial charge in [-0.05, 0) is 55.2 Å². The van der Waals surface area contributed by atoms with Gasteiger partial charge in [0.05, 0.1) is 4.90 Å². The number of amides is 1. The summed E-state index contributed by atoms with van der Waals surface area (Å²) in [7, 11) is -3.79. The van der Waals surface area contributed by atoms with Gasteiger partial charge in [0.1, 0.15) is 0 Å². The lowest BCUT2D eigenvalue weighted by Crippen LogP contribution is -2.24. The minimum Gasteiger partial charge on any atom is -0.349 e. The number of sulfonamides is 1. The topological polar surface area (TPSA) is 75.3 Å². The van der Waals surface area contributed by atoms with E-state index in [2.05, 4.69) is 23.5 Å². The predicted molar refractivity (Wildman–Crippen MR) is 110 cm³/mol. The first-order chi connectivity index (χ1) is 12.9. The molecule has 0 aromatic heterocycles. The van der Waals surface area contributed by atoms with E-state index in [9.17, 15) is 13.2 Å². The standard InChI is InChI=1S/C21H26N2O3S/c1-4-6-7-17-9-11-18(12-10-17)23-27(25,26)19-13-8-16(3)20(15-19)21(24)22-14-5-2/h5,8-13,15,23H,2,4,6-7,14H2,1,3H3,(H,22,24). The number of anilines is 1. The molecule has 2 aromatic carbocycles. The van der Waals surface area contributed by atoms with Crippen molar-refractivity contribution < 1.29 is 13.2 Å². The van der Waals surface area contributed by atoms with Crippen molar-refractivity contribution in [3.63, 3.8) is 0 Å². The van der Waals surface area contributed by atoms with Crippen LogP contribution >= 0.6 is 0 Å². The molecule has 6 heteroatoms. The van der Waals surface area contributed by atoms with Gasteiger partial charge in [-0.2, -0.15) is 0 Å². The maximum Gasteiger partial charge on any atom is 0.261 e. The highest BCUT2D eigenvalue weighted by Crippen LogP contribution is 2.20. The Morgan fingerprint density at radius 1 is 1.15 bits per heavy atom. The van der Waals surface area contributed by atoms with Gasteiger partial charge in [0.15, 0.2) is 0 Å². The summed E-state index contributed by atoms with van der Waals surface area (Å²) in [6, 6.07) is 11.9. The van der Waals surface area contributed by atoms with Gasteiger partial charge < -0.3 is 5.32 Å². The maximum absolute atomic E-state index is 12.7. The van der Waals surface area contributed by atoms with E-state index < -0.39 is 10.0 Å². The molecule has 0 aliphatic rings. The Morgan fingerprint density at radius 2 is 1.85 bits per heavy atom. The fourth-order valence-electron chi connectivity index (χ4n) is 2.61. The van der Waals surface area contributed by atoms with E-state index in [-0.39, 0.29) is 10.8 Å². The van der Waals surface area contributed by atoms with Crippen LogP contribution in [-0.2, 0) is 16.4 Å². The summed E-state index contributed by atoms with van der Waals surface area (Å²) in [5.41, 5.74) is 2.70. The third-order valence-corrected chi connectivity index (χ3v) is 5.58. The Morgan fingerprint density at radius 3 is 2.48 bits per heavy atom. The van der Waals surface area contributed by atoms with Crippen molar-refractivity contribution in [3.8, 4) is 0 Å². The SMILES string of the molecule is C=CCNC(=O)c1cc(S(=O)(=O)Nc2ccc(CCCC)cc2)ccc1C. The average molecular weight is 387 g/mol. The lowest BCUT2D eigenvalue weighted by molar-refractivity contribution is 0.0957. The molecule has 27 heavy (non-hydrogen) atoms. The first-order valence-corrected chi connectivity index (χ1v) is 10.5. The molecule has 2 N–H and O–H groups in total. The zero-order chi connectivity index (χ0) is 19.9. The summed E-state index contributed by atoms with van der Waals surface area (Å²) < 4.78 is 28.0. The van der Waals surface area contributed by atoms with Crippen molar-refractivity contribution in [3.05, 3.63) is 71.8 Å². The molecule has 0 aliphatic heterocycles. The number of aryl methyl sites for hydroxylation is 2. The lowest BCUT2D eigenvalue weighted by Gasteiger charge is -2.12. The predicted octanol–water partition coefficient (Wildman–Crippen LogP) is 4.05. The number of carbonyl (C=O) groups is 1. The van der Waals surface area contributed by atoms with Gasteiger partial charge in [-0.3, -0.25) is 9.52 Å². The van der Waals surface area contributed by atoms with E-state index in [0.29, 0.717) is 23.4 Å². The second kappa shape index (κ2) is 9.37. The molecule has 2 aromatic rings. The monoisotopic (exact) mass is 386 g/mol. The van der Waals surface area contributed by atoms with Crippen LogP contribution in [-0.4, -0.2) is 20.9 Å². The summed E-state index contributed by atoms with van der Waals surface area (Å²) in [6.45, 7) is 7.77. The Hall–Kier alpha value is -2.60. The first-order valence-electron chi connectivity index (χ1n) is 8.99. The molecule has 0 spiro atoms. The van der Waals surface area contributed by atoms with Crippen LogP contribution in [0.25, 0.3) is 0 Å². The van der Waals surface area contributed by atoms with Crippen molar-refractivity contribution in [2.75, 3.05) is 11.3 Å². The van der Waals surface area contributed by atoms with Crippen LogP contribution < -0.4 is 10.0 Å². The van der Waals surface area contributed by atoms with E-state index in [0.717, 1.165) is 19.3 Å². The van der Waals surface area contributed by atoms with E-state index >= 15 is 0 Å². The molecule has 0 fully saturated rings. The van der Waals surface area contributed by atoms with Crippen LogP contribution in [0.2, 0.25) is 0 Å². The highest BCUT2D eigenvalue weighted by atomic mass is 32.2. The molecular weight excluding hydrogens is 360 g/mol. The van der Waals surface area contributed by atoms with Crippen molar-refractivity contribution >= 4 is 21.6 Å². The second-order valence-electron chi connectivity index (χ2n) is 6.38. The van der Waals surface area contributed by atoms with Gasteiger partial charge in [-0.15, -0.1) is 6.58 Å². The number of benzene rings is 2. The highest BCUT2D eigenvalue weighted by Gasteiger charge is 2.18. The molecule has 0 heterocycles. The number of hydrogen-bond acceptors (Lipinski definition) is 3. The number of nitrogens with one attached hydrogen (secondary N) is 2. The Balaban J connectivity index is 2.20. The summed E-state index contributed by atoms with van der Waals surface area (Å²) in [4.78, 5) is 12.3. The smallest absolute Gasteiger partial charge is 0.261 e. The van der Waals surface area contributed by atoms with Gasteiger partial charge in [-0.25, -0.2) is 8.42 Å². The van der Waals surface area contributed by atoms with Crippen molar-refractivity contribution in [1.29, 1.82) is 0 Å². The lowest BCUT2D eigenvalue weighted by atomic mass is 10.1. The molecule has 0 unspecified atom stereocenters. The molecule has 5 nitrogen and oxygen atoms in total. The van der Waals surface area contributed by atoms with Crippen molar-refractivity contribution in [1.82, 2.24) is 5.32 Å². The molecule has 0 atom stereocenters. The number of hydrogen-bond donors (Lipinski definition) is 2. The number of rotatable bonds is 9. The Bertz CT molecular complexity index is 904. The van der Waals surface area contributed by atoms with Gasteiger partial charge >= 0.3 is 0 Å². The summed E-state index contributed by atoms with van der Waals surface area (Å²) >= 11 is 0.